The zero-order valence-electron chi connectivity index (χ0n) is 10.4. The van der Waals surface area contributed by atoms with E-state index in [0.29, 0.717) is 10.4 Å². The Bertz CT molecular complexity index is 354. The normalized spacial score (nSPS) is 18.9. The molecule has 0 heterocycles. The second kappa shape index (κ2) is 6.25. The summed E-state index contributed by atoms with van der Waals surface area (Å²) in [6.45, 7) is 2.02. The molecule has 0 aliphatic heterocycles. The van der Waals surface area contributed by atoms with Crippen molar-refractivity contribution in [2.24, 2.45) is 0 Å². The fourth-order valence-corrected chi connectivity index (χ4v) is 3.56. The molecule has 2 rings (SSSR count). The minimum atomic E-state index is 0.0307. The third kappa shape index (κ3) is 3.60. The summed E-state index contributed by atoms with van der Waals surface area (Å²) < 4.78 is 0. The lowest BCUT2D eigenvalue weighted by atomic mass is 10.0. The van der Waals surface area contributed by atoms with Crippen molar-refractivity contribution in [2.75, 3.05) is 0 Å². The molecule has 1 aromatic carbocycles. The van der Waals surface area contributed by atoms with Crippen LogP contribution in [-0.2, 0) is 4.79 Å². The van der Waals surface area contributed by atoms with E-state index in [-0.39, 0.29) is 5.92 Å². The fourth-order valence-electron chi connectivity index (χ4n) is 2.33. The van der Waals surface area contributed by atoms with Gasteiger partial charge in [-0.25, -0.2) is 0 Å². The summed E-state index contributed by atoms with van der Waals surface area (Å²) in [5.41, 5.74) is 1.14. The molecule has 1 fully saturated rings. The summed E-state index contributed by atoms with van der Waals surface area (Å²) in [5.74, 6) is 0.0307. The molecule has 1 aliphatic carbocycles. The van der Waals surface area contributed by atoms with Crippen LogP contribution >= 0.6 is 11.8 Å². The van der Waals surface area contributed by atoms with Gasteiger partial charge in [-0.05, 0) is 18.4 Å². The largest absolute Gasteiger partial charge is 0.287 e. The van der Waals surface area contributed by atoms with E-state index in [2.05, 4.69) is 0 Å². The minimum absolute atomic E-state index is 0.0307. The molecule has 1 aliphatic rings. The van der Waals surface area contributed by atoms with Crippen molar-refractivity contribution >= 4 is 16.9 Å². The Morgan fingerprint density at radius 3 is 2.47 bits per heavy atom. The Morgan fingerprint density at radius 1 is 1.18 bits per heavy atom. The SMILES string of the molecule is C[C@@H](C(=O)SC1CCCCC1)c1ccccc1. The number of thioether (sulfide) groups is 1. The lowest BCUT2D eigenvalue weighted by Crippen LogP contribution is -2.14. The third-order valence-corrected chi connectivity index (χ3v) is 4.88. The van der Waals surface area contributed by atoms with E-state index in [4.69, 9.17) is 0 Å². The highest BCUT2D eigenvalue weighted by molar-refractivity contribution is 8.14. The fraction of sp³-hybridized carbons (Fsp3) is 0.533. The zero-order chi connectivity index (χ0) is 12.1. The van der Waals surface area contributed by atoms with Crippen LogP contribution in [0.25, 0.3) is 0 Å². The Kier molecular flexibility index (Phi) is 4.66. The molecule has 1 nitrogen and oxygen atoms in total. The van der Waals surface area contributed by atoms with Crippen molar-refractivity contribution in [3.05, 3.63) is 35.9 Å². The zero-order valence-corrected chi connectivity index (χ0v) is 11.2. The highest BCUT2D eigenvalue weighted by Gasteiger charge is 2.22. The molecule has 2 heteroatoms. The molecular formula is C15H20OS. The van der Waals surface area contributed by atoms with Crippen molar-refractivity contribution in [1.29, 1.82) is 0 Å². The van der Waals surface area contributed by atoms with Gasteiger partial charge in [0.2, 0.25) is 0 Å². The van der Waals surface area contributed by atoms with Crippen molar-refractivity contribution in [2.45, 2.75) is 50.2 Å². The Balaban J connectivity index is 1.91. The van der Waals surface area contributed by atoms with Crippen molar-refractivity contribution in [3.8, 4) is 0 Å². The predicted molar refractivity (Wildman–Crippen MR) is 74.3 cm³/mol. The molecular weight excluding hydrogens is 228 g/mol. The second-order valence-electron chi connectivity index (χ2n) is 4.83. The van der Waals surface area contributed by atoms with E-state index in [1.54, 1.807) is 11.8 Å². The number of benzene rings is 1. The van der Waals surface area contributed by atoms with Gasteiger partial charge in [-0.1, -0.05) is 68.3 Å². The summed E-state index contributed by atoms with van der Waals surface area (Å²) in [6, 6.07) is 10.1. The topological polar surface area (TPSA) is 17.1 Å². The van der Waals surface area contributed by atoms with Crippen LogP contribution < -0.4 is 0 Å². The number of hydrogen-bond donors (Lipinski definition) is 0. The highest BCUT2D eigenvalue weighted by Crippen LogP contribution is 2.32. The van der Waals surface area contributed by atoms with Gasteiger partial charge in [-0.3, -0.25) is 4.79 Å². The van der Waals surface area contributed by atoms with Crippen LogP contribution in [0.5, 0.6) is 0 Å². The van der Waals surface area contributed by atoms with E-state index >= 15 is 0 Å². The molecule has 1 atom stereocenters. The van der Waals surface area contributed by atoms with Gasteiger partial charge in [0.15, 0.2) is 5.12 Å². The first kappa shape index (κ1) is 12.7. The predicted octanol–water partition coefficient (Wildman–Crippen LogP) is 4.38. The van der Waals surface area contributed by atoms with Gasteiger partial charge in [0.05, 0.1) is 5.92 Å². The Hall–Kier alpha value is -0.760. The second-order valence-corrected chi connectivity index (χ2v) is 6.13. The molecule has 0 aromatic heterocycles. The van der Waals surface area contributed by atoms with Crippen LogP contribution in [0.2, 0.25) is 0 Å². The molecule has 0 saturated heterocycles. The lowest BCUT2D eigenvalue weighted by Gasteiger charge is -2.21. The van der Waals surface area contributed by atoms with Gasteiger partial charge in [-0.2, -0.15) is 0 Å². The quantitative estimate of drug-likeness (QED) is 0.789. The van der Waals surface area contributed by atoms with E-state index in [1.807, 2.05) is 37.3 Å². The standard InChI is InChI=1S/C15H20OS/c1-12(13-8-4-2-5-9-13)15(16)17-14-10-6-3-7-11-14/h2,4-5,8-9,12,14H,3,6-7,10-11H2,1H3/t12-/m1/s1. The molecule has 0 radical (unpaired) electrons. The molecule has 92 valence electrons. The van der Waals surface area contributed by atoms with Gasteiger partial charge in [0.25, 0.3) is 0 Å². The van der Waals surface area contributed by atoms with Crippen molar-refractivity contribution in [1.82, 2.24) is 0 Å². The number of carbonyl (C=O) groups excluding carboxylic acids is 1. The van der Waals surface area contributed by atoms with Crippen LogP contribution in [0.1, 0.15) is 50.5 Å². The molecule has 0 bridgehead atoms. The van der Waals surface area contributed by atoms with Gasteiger partial charge < -0.3 is 0 Å². The van der Waals surface area contributed by atoms with E-state index < -0.39 is 0 Å². The van der Waals surface area contributed by atoms with Crippen LogP contribution in [-0.4, -0.2) is 10.4 Å². The molecule has 0 spiro atoms. The van der Waals surface area contributed by atoms with Gasteiger partial charge in [-0.15, -0.1) is 0 Å². The summed E-state index contributed by atoms with van der Waals surface area (Å²) in [4.78, 5) is 12.2. The monoisotopic (exact) mass is 248 g/mol. The van der Waals surface area contributed by atoms with E-state index in [9.17, 15) is 4.79 Å². The van der Waals surface area contributed by atoms with Gasteiger partial charge in [0, 0.05) is 5.25 Å². The molecule has 0 unspecified atom stereocenters. The summed E-state index contributed by atoms with van der Waals surface area (Å²) in [5, 5.41) is 0.908. The maximum absolute atomic E-state index is 12.2. The van der Waals surface area contributed by atoms with Crippen LogP contribution in [0.15, 0.2) is 30.3 Å². The molecule has 0 N–H and O–H groups in total. The van der Waals surface area contributed by atoms with Crippen LogP contribution in [0, 0.1) is 0 Å². The molecule has 17 heavy (non-hydrogen) atoms. The molecule has 1 aromatic rings. The summed E-state index contributed by atoms with van der Waals surface area (Å²) >= 11 is 1.58. The number of carbonyl (C=O) groups is 1. The average molecular weight is 248 g/mol. The third-order valence-electron chi connectivity index (χ3n) is 3.49. The molecule has 0 amide bonds. The summed E-state index contributed by atoms with van der Waals surface area (Å²) in [6.07, 6.45) is 6.38. The first-order chi connectivity index (χ1) is 8.27. The number of hydrogen-bond acceptors (Lipinski definition) is 2. The average Bonchev–Trinajstić information content (AvgIpc) is 2.40. The van der Waals surface area contributed by atoms with Crippen molar-refractivity contribution < 1.29 is 4.79 Å². The first-order valence-electron chi connectivity index (χ1n) is 6.53. The van der Waals surface area contributed by atoms with Crippen LogP contribution in [0.3, 0.4) is 0 Å². The van der Waals surface area contributed by atoms with E-state index in [0.717, 1.165) is 5.56 Å². The summed E-state index contributed by atoms with van der Waals surface area (Å²) in [7, 11) is 0. The Morgan fingerprint density at radius 2 is 1.82 bits per heavy atom. The van der Waals surface area contributed by atoms with Crippen LogP contribution in [0.4, 0.5) is 0 Å². The highest BCUT2D eigenvalue weighted by atomic mass is 32.2. The Labute approximate surface area is 108 Å². The maximum atomic E-state index is 12.2. The van der Waals surface area contributed by atoms with Gasteiger partial charge >= 0.3 is 0 Å². The van der Waals surface area contributed by atoms with Gasteiger partial charge in [0.1, 0.15) is 0 Å². The molecule has 1 saturated carbocycles. The van der Waals surface area contributed by atoms with Crippen molar-refractivity contribution in [3.63, 3.8) is 0 Å². The first-order valence-corrected chi connectivity index (χ1v) is 7.41. The number of rotatable bonds is 3. The maximum Gasteiger partial charge on any atom is 0.196 e. The lowest BCUT2D eigenvalue weighted by molar-refractivity contribution is -0.112. The minimum Gasteiger partial charge on any atom is -0.287 e. The van der Waals surface area contributed by atoms with E-state index in [1.165, 1.54) is 32.1 Å². The smallest absolute Gasteiger partial charge is 0.196 e.